The van der Waals surface area contributed by atoms with Crippen molar-refractivity contribution in [3.8, 4) is 5.75 Å². The van der Waals surface area contributed by atoms with Crippen molar-refractivity contribution in [2.24, 2.45) is 11.8 Å². The Balaban J connectivity index is 1.80. The first-order chi connectivity index (χ1) is 9.75. The van der Waals surface area contributed by atoms with Crippen LogP contribution in [0, 0.1) is 11.8 Å². The second-order valence-corrected chi connectivity index (χ2v) is 5.44. The number of rotatable bonds is 0. The molecule has 102 valence electrons. The Morgan fingerprint density at radius 1 is 1.15 bits per heavy atom. The minimum absolute atomic E-state index is 0.0185. The van der Waals surface area contributed by atoms with E-state index < -0.39 is 12.0 Å². The number of ketones is 2. The summed E-state index contributed by atoms with van der Waals surface area (Å²) >= 11 is 0. The summed E-state index contributed by atoms with van der Waals surface area (Å²) in [7, 11) is 0. The van der Waals surface area contributed by atoms with Crippen LogP contribution < -0.4 is 4.74 Å². The van der Waals surface area contributed by atoms with Crippen molar-refractivity contribution in [1.82, 2.24) is 0 Å². The molecule has 3 atom stereocenters. The van der Waals surface area contributed by atoms with Crippen LogP contribution in [0.15, 0.2) is 36.1 Å². The molecule has 20 heavy (non-hydrogen) atoms. The molecule has 0 bridgehead atoms. The second kappa shape index (κ2) is 4.20. The molecule has 4 rings (SSSR count). The van der Waals surface area contributed by atoms with Crippen LogP contribution in [0.4, 0.5) is 0 Å². The SMILES string of the molecule is O=C1c2ccccc2OC2C(=O)C3CCCOC3=CC12. The van der Waals surface area contributed by atoms with Gasteiger partial charge in [0.15, 0.2) is 17.7 Å². The molecule has 3 unspecified atom stereocenters. The topological polar surface area (TPSA) is 52.6 Å². The van der Waals surface area contributed by atoms with Crippen molar-refractivity contribution in [2.75, 3.05) is 6.61 Å². The van der Waals surface area contributed by atoms with Crippen molar-refractivity contribution in [3.63, 3.8) is 0 Å². The largest absolute Gasteiger partial charge is 0.497 e. The first-order valence-corrected chi connectivity index (χ1v) is 6.94. The minimum atomic E-state index is -0.687. The number of Topliss-reactive ketones (excluding diaryl/α,β-unsaturated/α-hetero) is 2. The number of carbonyl (C=O) groups excluding carboxylic acids is 2. The third-order valence-corrected chi connectivity index (χ3v) is 4.25. The molecule has 1 saturated heterocycles. The van der Waals surface area contributed by atoms with Crippen LogP contribution >= 0.6 is 0 Å². The molecule has 1 aliphatic carbocycles. The van der Waals surface area contributed by atoms with E-state index in [0.717, 1.165) is 12.8 Å². The van der Waals surface area contributed by atoms with E-state index in [4.69, 9.17) is 9.47 Å². The minimum Gasteiger partial charge on any atom is -0.497 e. The van der Waals surface area contributed by atoms with E-state index in [1.807, 2.05) is 6.07 Å². The van der Waals surface area contributed by atoms with E-state index in [1.54, 1.807) is 24.3 Å². The molecule has 2 aliphatic heterocycles. The number of allylic oxidation sites excluding steroid dienone is 1. The summed E-state index contributed by atoms with van der Waals surface area (Å²) in [6.07, 6.45) is 2.77. The number of carbonyl (C=O) groups is 2. The van der Waals surface area contributed by atoms with Crippen LogP contribution in [0.25, 0.3) is 0 Å². The molecular formula is C16H14O4. The Morgan fingerprint density at radius 3 is 2.90 bits per heavy atom. The van der Waals surface area contributed by atoms with Gasteiger partial charge in [0.05, 0.1) is 24.0 Å². The van der Waals surface area contributed by atoms with Crippen molar-refractivity contribution in [2.45, 2.75) is 18.9 Å². The predicted octanol–water partition coefficient (Wildman–Crippen LogP) is 2.14. The van der Waals surface area contributed by atoms with Crippen LogP contribution in [0.5, 0.6) is 5.75 Å². The van der Waals surface area contributed by atoms with Gasteiger partial charge in [-0.1, -0.05) is 12.1 Å². The molecule has 1 aromatic carbocycles. The highest BCUT2D eigenvalue weighted by Crippen LogP contribution is 2.40. The maximum absolute atomic E-state index is 12.6. The first kappa shape index (κ1) is 11.7. The predicted molar refractivity (Wildman–Crippen MR) is 70.4 cm³/mol. The highest BCUT2D eigenvalue weighted by Gasteiger charge is 2.48. The molecule has 1 aromatic rings. The molecule has 4 nitrogen and oxygen atoms in total. The molecule has 0 N–H and O–H groups in total. The fraction of sp³-hybridized carbons (Fsp3) is 0.375. The van der Waals surface area contributed by atoms with Gasteiger partial charge in [0.1, 0.15) is 11.5 Å². The molecular weight excluding hydrogens is 256 g/mol. The number of benzene rings is 1. The average Bonchev–Trinajstić information content (AvgIpc) is 2.49. The number of para-hydroxylation sites is 1. The Hall–Kier alpha value is -2.10. The van der Waals surface area contributed by atoms with Crippen LogP contribution in [0.2, 0.25) is 0 Å². The zero-order valence-electron chi connectivity index (χ0n) is 10.9. The number of fused-ring (bicyclic) bond motifs is 3. The first-order valence-electron chi connectivity index (χ1n) is 6.94. The maximum Gasteiger partial charge on any atom is 0.184 e. The Morgan fingerprint density at radius 2 is 2.00 bits per heavy atom. The van der Waals surface area contributed by atoms with Crippen molar-refractivity contribution in [3.05, 3.63) is 41.7 Å². The lowest BCUT2D eigenvalue weighted by Crippen LogP contribution is -2.49. The highest BCUT2D eigenvalue weighted by molar-refractivity contribution is 6.07. The van der Waals surface area contributed by atoms with Gasteiger partial charge in [0, 0.05) is 0 Å². The Bertz CT molecular complexity index is 631. The van der Waals surface area contributed by atoms with Gasteiger partial charge < -0.3 is 9.47 Å². The van der Waals surface area contributed by atoms with E-state index in [1.165, 1.54) is 0 Å². The Labute approximate surface area is 116 Å². The summed E-state index contributed by atoms with van der Waals surface area (Å²) in [4.78, 5) is 25.1. The monoisotopic (exact) mass is 270 g/mol. The number of ether oxygens (including phenoxy) is 2. The zero-order valence-corrected chi connectivity index (χ0v) is 10.9. The molecule has 0 spiro atoms. The third-order valence-electron chi connectivity index (χ3n) is 4.25. The number of hydrogen-bond donors (Lipinski definition) is 0. The molecule has 1 fully saturated rings. The summed E-state index contributed by atoms with van der Waals surface area (Å²) in [5.41, 5.74) is 0.549. The molecule has 3 aliphatic rings. The fourth-order valence-corrected chi connectivity index (χ4v) is 3.24. The van der Waals surface area contributed by atoms with Gasteiger partial charge in [-0.3, -0.25) is 9.59 Å². The summed E-state index contributed by atoms with van der Waals surface area (Å²) in [6, 6.07) is 7.10. The lowest BCUT2D eigenvalue weighted by molar-refractivity contribution is -0.134. The van der Waals surface area contributed by atoms with Gasteiger partial charge >= 0.3 is 0 Å². The smallest absolute Gasteiger partial charge is 0.184 e. The molecule has 0 aromatic heterocycles. The lowest BCUT2D eigenvalue weighted by atomic mass is 9.76. The van der Waals surface area contributed by atoms with Crippen molar-refractivity contribution in [1.29, 1.82) is 0 Å². The van der Waals surface area contributed by atoms with Gasteiger partial charge in [0.25, 0.3) is 0 Å². The summed E-state index contributed by atoms with van der Waals surface area (Å²) in [6.45, 7) is 0.624. The standard InChI is InChI=1S/C16H14O4/c17-14-9-4-1-2-6-12(9)20-16-11(14)8-13-10(15(16)18)5-3-7-19-13/h1-2,4,6,8,10-11,16H,3,5,7H2. The maximum atomic E-state index is 12.6. The third kappa shape index (κ3) is 1.54. The average molecular weight is 270 g/mol. The molecule has 0 radical (unpaired) electrons. The molecule has 0 saturated carbocycles. The molecule has 2 heterocycles. The van der Waals surface area contributed by atoms with Crippen LogP contribution in [0.1, 0.15) is 23.2 Å². The summed E-state index contributed by atoms with van der Waals surface area (Å²) in [5, 5.41) is 0. The Kier molecular flexibility index (Phi) is 2.46. The van der Waals surface area contributed by atoms with Crippen molar-refractivity contribution >= 4 is 11.6 Å². The fourth-order valence-electron chi connectivity index (χ4n) is 3.24. The number of hydrogen-bond acceptors (Lipinski definition) is 4. The van der Waals surface area contributed by atoms with E-state index >= 15 is 0 Å². The normalized spacial score (nSPS) is 31.2. The van der Waals surface area contributed by atoms with E-state index in [-0.39, 0.29) is 17.5 Å². The lowest BCUT2D eigenvalue weighted by Gasteiger charge is -2.38. The quantitative estimate of drug-likeness (QED) is 0.724. The summed E-state index contributed by atoms with van der Waals surface area (Å²) < 4.78 is 11.4. The van der Waals surface area contributed by atoms with Gasteiger partial charge in [-0.25, -0.2) is 0 Å². The van der Waals surface area contributed by atoms with E-state index in [0.29, 0.717) is 23.7 Å². The second-order valence-electron chi connectivity index (χ2n) is 5.44. The van der Waals surface area contributed by atoms with Crippen molar-refractivity contribution < 1.29 is 19.1 Å². The van der Waals surface area contributed by atoms with Crippen LogP contribution in [-0.4, -0.2) is 24.3 Å². The summed E-state index contributed by atoms with van der Waals surface area (Å²) in [5.74, 6) is 0.338. The van der Waals surface area contributed by atoms with Gasteiger partial charge in [-0.2, -0.15) is 0 Å². The van der Waals surface area contributed by atoms with Gasteiger partial charge in [-0.05, 0) is 31.1 Å². The van der Waals surface area contributed by atoms with E-state index in [2.05, 4.69) is 0 Å². The highest BCUT2D eigenvalue weighted by atomic mass is 16.5. The van der Waals surface area contributed by atoms with Crippen LogP contribution in [-0.2, 0) is 9.53 Å². The van der Waals surface area contributed by atoms with E-state index in [9.17, 15) is 9.59 Å². The van der Waals surface area contributed by atoms with Gasteiger partial charge in [0.2, 0.25) is 0 Å². The molecule has 0 amide bonds. The van der Waals surface area contributed by atoms with Gasteiger partial charge in [-0.15, -0.1) is 0 Å². The zero-order chi connectivity index (χ0) is 13.7. The van der Waals surface area contributed by atoms with Crippen LogP contribution in [0.3, 0.4) is 0 Å². The molecule has 4 heteroatoms.